The lowest BCUT2D eigenvalue weighted by atomic mass is 10.1. The van der Waals surface area contributed by atoms with Gasteiger partial charge < -0.3 is 14.5 Å². The number of benzene rings is 3. The molecule has 1 heterocycles. The van der Waals surface area contributed by atoms with Gasteiger partial charge in [-0.1, -0.05) is 40.9 Å². The zero-order chi connectivity index (χ0) is 22.8. The maximum absolute atomic E-state index is 12.5. The molecule has 3 aromatic carbocycles. The van der Waals surface area contributed by atoms with E-state index in [0.717, 1.165) is 11.1 Å². The van der Waals surface area contributed by atoms with Gasteiger partial charge in [0.1, 0.15) is 11.3 Å². The molecule has 0 unspecified atom stereocenters. The number of anilines is 1. The van der Waals surface area contributed by atoms with E-state index in [9.17, 15) is 4.79 Å². The standard InChI is InChI=1S/C24H17Cl3N2O3/c1-13-3-7-19-21(9-13)32-24(29-19)15-4-6-17(26)20(11-15)28-22(30)8-5-14-10-16(25)12-18(27)23(14)31-2/h3-12H,1-2H3,(H,28,30)/b8-5+. The van der Waals surface area contributed by atoms with Crippen molar-refractivity contribution < 1.29 is 13.9 Å². The van der Waals surface area contributed by atoms with Crippen LogP contribution >= 0.6 is 34.8 Å². The summed E-state index contributed by atoms with van der Waals surface area (Å²) in [6.07, 6.45) is 2.91. The number of carbonyl (C=O) groups is 1. The van der Waals surface area contributed by atoms with Gasteiger partial charge in [-0.25, -0.2) is 4.98 Å². The van der Waals surface area contributed by atoms with E-state index in [-0.39, 0.29) is 0 Å². The molecule has 0 fully saturated rings. The molecule has 0 spiro atoms. The van der Waals surface area contributed by atoms with Crippen molar-refractivity contribution >= 4 is 63.6 Å². The zero-order valence-corrected chi connectivity index (χ0v) is 19.3. The maximum Gasteiger partial charge on any atom is 0.248 e. The molecular formula is C24H17Cl3N2O3. The normalized spacial score (nSPS) is 11.3. The fourth-order valence-electron chi connectivity index (χ4n) is 3.17. The van der Waals surface area contributed by atoms with Gasteiger partial charge in [0.15, 0.2) is 5.58 Å². The van der Waals surface area contributed by atoms with Crippen LogP contribution in [0.4, 0.5) is 5.69 Å². The van der Waals surface area contributed by atoms with Gasteiger partial charge in [0, 0.05) is 22.2 Å². The van der Waals surface area contributed by atoms with Crippen LogP contribution in [0.5, 0.6) is 5.75 Å². The number of aryl methyl sites for hydroxylation is 1. The fraction of sp³-hybridized carbons (Fsp3) is 0.0833. The highest BCUT2D eigenvalue weighted by molar-refractivity contribution is 6.36. The van der Waals surface area contributed by atoms with Crippen molar-refractivity contribution in [2.75, 3.05) is 12.4 Å². The second kappa shape index (κ2) is 9.25. The number of oxazole rings is 1. The SMILES string of the molecule is COc1c(Cl)cc(Cl)cc1/C=C/C(=O)Nc1cc(-c2nc3ccc(C)cc3o2)ccc1Cl. The van der Waals surface area contributed by atoms with E-state index >= 15 is 0 Å². The number of nitrogens with one attached hydrogen (secondary N) is 1. The lowest BCUT2D eigenvalue weighted by Gasteiger charge is -2.08. The number of hydrogen-bond donors (Lipinski definition) is 1. The third-order valence-electron chi connectivity index (χ3n) is 4.67. The van der Waals surface area contributed by atoms with Crippen LogP contribution in [-0.2, 0) is 4.79 Å². The molecule has 4 aromatic rings. The first-order valence-electron chi connectivity index (χ1n) is 9.53. The molecule has 0 saturated heterocycles. The highest BCUT2D eigenvalue weighted by Gasteiger charge is 2.12. The Kier molecular flexibility index (Phi) is 6.42. The van der Waals surface area contributed by atoms with Crippen molar-refractivity contribution in [2.45, 2.75) is 6.92 Å². The van der Waals surface area contributed by atoms with Crippen LogP contribution in [-0.4, -0.2) is 18.0 Å². The van der Waals surface area contributed by atoms with Gasteiger partial charge in [-0.2, -0.15) is 0 Å². The molecule has 1 aromatic heterocycles. The predicted molar refractivity (Wildman–Crippen MR) is 130 cm³/mol. The quantitative estimate of drug-likeness (QED) is 0.297. The Bertz CT molecular complexity index is 1360. The first-order chi connectivity index (χ1) is 15.3. The van der Waals surface area contributed by atoms with Gasteiger partial charge in [0.05, 0.1) is 22.8 Å². The van der Waals surface area contributed by atoms with E-state index < -0.39 is 5.91 Å². The van der Waals surface area contributed by atoms with Crippen LogP contribution in [0.15, 0.2) is 59.0 Å². The van der Waals surface area contributed by atoms with Crippen molar-refractivity contribution in [1.82, 2.24) is 4.98 Å². The summed E-state index contributed by atoms with van der Waals surface area (Å²) in [5.41, 5.74) is 4.20. The van der Waals surface area contributed by atoms with Gasteiger partial charge in [-0.3, -0.25) is 4.79 Å². The first-order valence-corrected chi connectivity index (χ1v) is 10.7. The number of carbonyl (C=O) groups excluding carboxylic acids is 1. The lowest BCUT2D eigenvalue weighted by molar-refractivity contribution is -0.111. The first kappa shape index (κ1) is 22.2. The van der Waals surface area contributed by atoms with Crippen LogP contribution in [0, 0.1) is 6.92 Å². The number of hydrogen-bond acceptors (Lipinski definition) is 4. The molecule has 0 aliphatic rings. The van der Waals surface area contributed by atoms with E-state index in [1.165, 1.54) is 13.2 Å². The molecule has 0 aliphatic carbocycles. The highest BCUT2D eigenvalue weighted by Crippen LogP contribution is 2.33. The van der Waals surface area contributed by atoms with Crippen LogP contribution in [0.3, 0.4) is 0 Å². The molecule has 0 radical (unpaired) electrons. The molecule has 0 saturated carbocycles. The van der Waals surface area contributed by atoms with Crippen molar-refractivity contribution in [3.63, 3.8) is 0 Å². The number of amides is 1. The number of methoxy groups -OCH3 is 1. The number of fused-ring (bicyclic) bond motifs is 1. The van der Waals surface area contributed by atoms with Gasteiger partial charge in [-0.05, 0) is 61.0 Å². The molecule has 5 nitrogen and oxygen atoms in total. The third kappa shape index (κ3) is 4.75. The minimum atomic E-state index is -0.393. The summed E-state index contributed by atoms with van der Waals surface area (Å²) in [4.78, 5) is 17.0. The smallest absolute Gasteiger partial charge is 0.248 e. The summed E-state index contributed by atoms with van der Waals surface area (Å²) in [5, 5.41) is 3.93. The molecule has 1 amide bonds. The van der Waals surface area contributed by atoms with Crippen molar-refractivity contribution in [1.29, 1.82) is 0 Å². The lowest BCUT2D eigenvalue weighted by Crippen LogP contribution is -2.08. The fourth-order valence-corrected chi connectivity index (χ4v) is 3.92. The number of halogens is 3. The Balaban J connectivity index is 1.58. The number of ether oxygens (including phenoxy) is 1. The number of rotatable bonds is 5. The zero-order valence-electron chi connectivity index (χ0n) is 17.1. The summed E-state index contributed by atoms with van der Waals surface area (Å²) < 4.78 is 11.2. The minimum Gasteiger partial charge on any atom is -0.495 e. The summed E-state index contributed by atoms with van der Waals surface area (Å²) in [7, 11) is 1.49. The average Bonchev–Trinajstić information content (AvgIpc) is 3.16. The molecule has 0 bridgehead atoms. The van der Waals surface area contributed by atoms with E-state index in [4.69, 9.17) is 44.0 Å². The van der Waals surface area contributed by atoms with Crippen LogP contribution in [0.2, 0.25) is 15.1 Å². The van der Waals surface area contributed by atoms with Crippen molar-refractivity contribution in [3.8, 4) is 17.2 Å². The Labute approximate surface area is 199 Å². The van der Waals surface area contributed by atoms with Gasteiger partial charge in [0.2, 0.25) is 11.8 Å². The van der Waals surface area contributed by atoms with Crippen LogP contribution < -0.4 is 10.1 Å². The minimum absolute atomic E-state index is 0.351. The molecule has 4 rings (SSSR count). The van der Waals surface area contributed by atoms with Gasteiger partial charge >= 0.3 is 0 Å². The van der Waals surface area contributed by atoms with Gasteiger partial charge in [0.25, 0.3) is 0 Å². The Morgan fingerprint density at radius 3 is 2.66 bits per heavy atom. The Morgan fingerprint density at radius 2 is 1.88 bits per heavy atom. The molecular weight excluding hydrogens is 471 g/mol. The maximum atomic E-state index is 12.5. The topological polar surface area (TPSA) is 64.4 Å². The summed E-state index contributed by atoms with van der Waals surface area (Å²) in [5.74, 6) is 0.466. The van der Waals surface area contributed by atoms with E-state index in [1.807, 2.05) is 25.1 Å². The Morgan fingerprint density at radius 1 is 1.06 bits per heavy atom. The second-order valence-electron chi connectivity index (χ2n) is 7.02. The van der Waals surface area contributed by atoms with E-state index in [1.54, 1.807) is 36.4 Å². The third-order valence-corrected chi connectivity index (χ3v) is 5.50. The molecule has 32 heavy (non-hydrogen) atoms. The predicted octanol–water partition coefficient (Wildman–Crippen LogP) is 7.42. The largest absolute Gasteiger partial charge is 0.495 e. The monoisotopic (exact) mass is 486 g/mol. The van der Waals surface area contributed by atoms with Crippen LogP contribution in [0.1, 0.15) is 11.1 Å². The highest BCUT2D eigenvalue weighted by atomic mass is 35.5. The summed E-state index contributed by atoms with van der Waals surface area (Å²) in [6.45, 7) is 1.98. The summed E-state index contributed by atoms with van der Waals surface area (Å²) >= 11 is 18.5. The molecule has 1 N–H and O–H groups in total. The van der Waals surface area contributed by atoms with Crippen LogP contribution in [0.25, 0.3) is 28.6 Å². The Hall–Kier alpha value is -2.99. The molecule has 162 valence electrons. The van der Waals surface area contributed by atoms with E-state index in [2.05, 4.69) is 10.3 Å². The second-order valence-corrected chi connectivity index (χ2v) is 8.27. The number of nitrogens with zero attached hydrogens (tertiary/aromatic N) is 1. The van der Waals surface area contributed by atoms with Crippen molar-refractivity contribution in [2.24, 2.45) is 0 Å². The molecule has 8 heteroatoms. The van der Waals surface area contributed by atoms with E-state index in [0.29, 0.717) is 49.1 Å². The molecule has 0 aliphatic heterocycles. The molecule has 0 atom stereocenters. The van der Waals surface area contributed by atoms with Crippen molar-refractivity contribution in [3.05, 3.63) is 80.8 Å². The number of aromatic nitrogens is 1. The average molecular weight is 488 g/mol. The summed E-state index contributed by atoms with van der Waals surface area (Å²) in [6, 6.07) is 14.2. The van der Waals surface area contributed by atoms with Gasteiger partial charge in [-0.15, -0.1) is 0 Å².